The number of hydrogen-bond donors (Lipinski definition) is 0. The molecule has 0 fully saturated rings. The molecule has 0 spiro atoms. The zero-order chi connectivity index (χ0) is 18.5. The van der Waals surface area contributed by atoms with Crippen LogP contribution in [-0.4, -0.2) is 27.3 Å². The number of rotatable bonds is 6. The number of ether oxygens (including phenoxy) is 1. The second-order valence-electron chi connectivity index (χ2n) is 6.32. The Morgan fingerprint density at radius 3 is 2.50 bits per heavy atom. The quantitative estimate of drug-likeness (QED) is 0.618. The van der Waals surface area contributed by atoms with E-state index in [2.05, 4.69) is 17.0 Å². The minimum atomic E-state index is -0.221. The summed E-state index contributed by atoms with van der Waals surface area (Å²) in [5, 5.41) is 4.33. The molecule has 0 saturated carbocycles. The average Bonchev–Trinajstić information content (AvgIpc) is 3.06. The molecule has 0 amide bonds. The highest BCUT2D eigenvalue weighted by atomic mass is 16.5. The Hall–Kier alpha value is -2.95. The lowest BCUT2D eigenvalue weighted by atomic mass is 10.1. The van der Waals surface area contributed by atoms with Gasteiger partial charge in [0.25, 0.3) is 5.91 Å². The van der Waals surface area contributed by atoms with E-state index in [0.29, 0.717) is 18.0 Å². The van der Waals surface area contributed by atoms with E-state index in [-0.39, 0.29) is 11.9 Å². The van der Waals surface area contributed by atoms with Crippen LogP contribution < -0.4 is 4.74 Å². The van der Waals surface area contributed by atoms with E-state index in [1.807, 2.05) is 50.2 Å². The Bertz CT molecular complexity index is 898. The summed E-state index contributed by atoms with van der Waals surface area (Å²) in [4.78, 5) is 17.5. The highest BCUT2D eigenvalue weighted by molar-refractivity contribution is 5.97. The van der Waals surface area contributed by atoms with Crippen molar-refractivity contribution in [1.82, 2.24) is 14.8 Å². The Morgan fingerprint density at radius 1 is 1.08 bits per heavy atom. The summed E-state index contributed by atoms with van der Waals surface area (Å²) >= 11 is 0. The summed E-state index contributed by atoms with van der Waals surface area (Å²) in [7, 11) is 0. The van der Waals surface area contributed by atoms with E-state index in [4.69, 9.17) is 4.74 Å². The highest BCUT2D eigenvalue weighted by Gasteiger charge is 2.20. The molecule has 0 aliphatic carbocycles. The molecule has 3 rings (SSSR count). The maximum absolute atomic E-state index is 13.0. The number of unbranched alkanes of at least 4 members (excludes halogenated alkanes) is 1. The first-order valence-electron chi connectivity index (χ1n) is 8.87. The second-order valence-corrected chi connectivity index (χ2v) is 6.32. The Kier molecular flexibility index (Phi) is 5.46. The number of carbonyl (C=O) groups excluding carboxylic acids is 1. The predicted octanol–water partition coefficient (Wildman–Crippen LogP) is 4.43. The first-order valence-corrected chi connectivity index (χ1v) is 8.87. The third-order valence-electron chi connectivity index (χ3n) is 4.19. The van der Waals surface area contributed by atoms with Crippen LogP contribution in [0.2, 0.25) is 0 Å². The zero-order valence-electron chi connectivity index (χ0n) is 15.4. The fourth-order valence-corrected chi connectivity index (χ4v) is 2.62. The second kappa shape index (κ2) is 7.95. The Morgan fingerprint density at radius 2 is 1.81 bits per heavy atom. The minimum absolute atomic E-state index is 0.221. The standard InChI is InChI=1S/C21H23N3O2/c1-4-5-14-26-21-22-19(18-9-7-6-8-16(18)3)24(23-21)20(25)17-12-10-15(2)11-13-17/h6-13H,4-5,14H2,1-3H3. The third-order valence-corrected chi connectivity index (χ3v) is 4.19. The van der Waals surface area contributed by atoms with Crippen molar-refractivity contribution < 1.29 is 9.53 Å². The summed E-state index contributed by atoms with van der Waals surface area (Å²) in [6.07, 6.45) is 1.94. The monoisotopic (exact) mass is 349 g/mol. The maximum atomic E-state index is 13.0. The minimum Gasteiger partial charge on any atom is -0.462 e. The highest BCUT2D eigenvalue weighted by Crippen LogP contribution is 2.24. The Balaban J connectivity index is 2.02. The van der Waals surface area contributed by atoms with Crippen molar-refractivity contribution >= 4 is 5.91 Å². The van der Waals surface area contributed by atoms with Crippen LogP contribution in [0.25, 0.3) is 11.4 Å². The smallest absolute Gasteiger partial charge is 0.336 e. The van der Waals surface area contributed by atoms with Crippen LogP contribution in [0, 0.1) is 13.8 Å². The molecular formula is C21H23N3O2. The third kappa shape index (κ3) is 3.82. The van der Waals surface area contributed by atoms with Gasteiger partial charge in [0.1, 0.15) is 0 Å². The van der Waals surface area contributed by atoms with Gasteiger partial charge >= 0.3 is 6.01 Å². The first kappa shape index (κ1) is 17.9. The topological polar surface area (TPSA) is 57.0 Å². The summed E-state index contributed by atoms with van der Waals surface area (Å²) in [6, 6.07) is 15.5. The van der Waals surface area contributed by atoms with Gasteiger partial charge in [-0.1, -0.05) is 55.3 Å². The molecule has 26 heavy (non-hydrogen) atoms. The van der Waals surface area contributed by atoms with E-state index in [0.717, 1.165) is 29.5 Å². The SMILES string of the molecule is CCCCOc1nc(-c2ccccc2C)n(C(=O)c2ccc(C)cc2)n1. The molecule has 0 atom stereocenters. The number of benzene rings is 2. The van der Waals surface area contributed by atoms with Crippen molar-refractivity contribution in [3.8, 4) is 17.4 Å². The van der Waals surface area contributed by atoms with E-state index >= 15 is 0 Å². The molecular weight excluding hydrogens is 326 g/mol. The predicted molar refractivity (Wildman–Crippen MR) is 102 cm³/mol. The van der Waals surface area contributed by atoms with Gasteiger partial charge in [-0.15, -0.1) is 5.10 Å². The number of aryl methyl sites for hydroxylation is 2. The molecule has 5 nitrogen and oxygen atoms in total. The fourth-order valence-electron chi connectivity index (χ4n) is 2.62. The molecule has 0 unspecified atom stereocenters. The molecule has 0 aliphatic rings. The molecule has 0 aliphatic heterocycles. The lowest BCUT2D eigenvalue weighted by molar-refractivity contribution is 0.0944. The van der Waals surface area contributed by atoms with Crippen molar-refractivity contribution in [3.05, 3.63) is 65.2 Å². The maximum Gasteiger partial charge on any atom is 0.336 e. The molecule has 2 aromatic carbocycles. The molecule has 0 bridgehead atoms. The molecule has 1 heterocycles. The van der Waals surface area contributed by atoms with E-state index in [1.54, 1.807) is 12.1 Å². The van der Waals surface area contributed by atoms with Crippen molar-refractivity contribution in [3.63, 3.8) is 0 Å². The molecule has 0 radical (unpaired) electrons. The molecule has 1 aromatic heterocycles. The Labute approximate surface area is 153 Å². The van der Waals surface area contributed by atoms with E-state index in [1.165, 1.54) is 4.68 Å². The van der Waals surface area contributed by atoms with Gasteiger partial charge in [-0.2, -0.15) is 9.67 Å². The molecule has 5 heteroatoms. The summed E-state index contributed by atoms with van der Waals surface area (Å²) in [6.45, 7) is 6.60. The van der Waals surface area contributed by atoms with Gasteiger partial charge in [-0.05, 0) is 38.0 Å². The number of carbonyl (C=O) groups is 1. The van der Waals surface area contributed by atoms with Gasteiger partial charge < -0.3 is 4.74 Å². The molecule has 0 saturated heterocycles. The van der Waals surface area contributed by atoms with Crippen LogP contribution in [0.15, 0.2) is 48.5 Å². The normalized spacial score (nSPS) is 10.7. The first-order chi connectivity index (χ1) is 12.6. The summed E-state index contributed by atoms with van der Waals surface area (Å²) < 4.78 is 6.98. The van der Waals surface area contributed by atoms with Gasteiger partial charge in [0.05, 0.1) is 6.61 Å². The van der Waals surface area contributed by atoms with Crippen LogP contribution in [0.5, 0.6) is 6.01 Å². The van der Waals surface area contributed by atoms with Crippen LogP contribution in [0.3, 0.4) is 0 Å². The van der Waals surface area contributed by atoms with Crippen LogP contribution in [0.4, 0.5) is 0 Å². The van der Waals surface area contributed by atoms with Gasteiger partial charge in [-0.3, -0.25) is 4.79 Å². The number of nitrogens with zero attached hydrogens (tertiary/aromatic N) is 3. The molecule has 0 N–H and O–H groups in total. The van der Waals surface area contributed by atoms with E-state index in [9.17, 15) is 4.79 Å². The van der Waals surface area contributed by atoms with Crippen LogP contribution >= 0.6 is 0 Å². The number of aromatic nitrogens is 3. The fraction of sp³-hybridized carbons (Fsp3) is 0.286. The lowest BCUT2D eigenvalue weighted by Crippen LogP contribution is -2.15. The number of hydrogen-bond acceptors (Lipinski definition) is 4. The van der Waals surface area contributed by atoms with Crippen molar-refractivity contribution in [2.45, 2.75) is 33.6 Å². The largest absolute Gasteiger partial charge is 0.462 e. The lowest BCUT2D eigenvalue weighted by Gasteiger charge is -2.07. The van der Waals surface area contributed by atoms with Gasteiger partial charge in [-0.25, -0.2) is 0 Å². The summed E-state index contributed by atoms with van der Waals surface area (Å²) in [5.41, 5.74) is 3.56. The summed E-state index contributed by atoms with van der Waals surface area (Å²) in [5.74, 6) is 0.279. The molecule has 3 aromatic rings. The van der Waals surface area contributed by atoms with Gasteiger partial charge in [0.2, 0.25) is 0 Å². The van der Waals surface area contributed by atoms with Crippen LogP contribution in [-0.2, 0) is 0 Å². The van der Waals surface area contributed by atoms with Crippen molar-refractivity contribution in [1.29, 1.82) is 0 Å². The van der Waals surface area contributed by atoms with E-state index < -0.39 is 0 Å². The van der Waals surface area contributed by atoms with Crippen molar-refractivity contribution in [2.24, 2.45) is 0 Å². The molecule has 134 valence electrons. The van der Waals surface area contributed by atoms with Gasteiger partial charge in [0.15, 0.2) is 5.82 Å². The van der Waals surface area contributed by atoms with Gasteiger partial charge in [0, 0.05) is 11.1 Å². The zero-order valence-corrected chi connectivity index (χ0v) is 15.4. The van der Waals surface area contributed by atoms with Crippen LogP contribution in [0.1, 0.15) is 41.3 Å². The van der Waals surface area contributed by atoms with Crippen molar-refractivity contribution in [2.75, 3.05) is 6.61 Å². The average molecular weight is 349 g/mol.